The Morgan fingerprint density at radius 2 is 1.89 bits per heavy atom. The van der Waals surface area contributed by atoms with Crippen molar-refractivity contribution in [2.24, 2.45) is 0 Å². The van der Waals surface area contributed by atoms with Crippen LogP contribution in [0.4, 0.5) is 5.69 Å². The molecule has 0 aliphatic rings. The van der Waals surface area contributed by atoms with Gasteiger partial charge in [0.1, 0.15) is 12.2 Å². The van der Waals surface area contributed by atoms with Crippen molar-refractivity contribution in [2.75, 3.05) is 11.0 Å². The number of para-hydroxylation sites is 1. The fourth-order valence-corrected chi connectivity index (χ4v) is 3.20. The zero-order valence-electron chi connectivity index (χ0n) is 14.7. The van der Waals surface area contributed by atoms with E-state index in [0.717, 1.165) is 11.8 Å². The summed E-state index contributed by atoms with van der Waals surface area (Å²) in [6, 6.07) is 12.8. The number of fused-ring (bicyclic) bond motifs is 1. The van der Waals surface area contributed by atoms with Gasteiger partial charge in [0.05, 0.1) is 17.5 Å². The van der Waals surface area contributed by atoms with E-state index in [4.69, 9.17) is 9.15 Å². The zero-order valence-corrected chi connectivity index (χ0v) is 15.5. The van der Waals surface area contributed by atoms with Crippen molar-refractivity contribution in [1.29, 1.82) is 0 Å². The van der Waals surface area contributed by atoms with Gasteiger partial charge in [0.15, 0.2) is 0 Å². The van der Waals surface area contributed by atoms with Crippen LogP contribution >= 0.6 is 0 Å². The average molecular weight is 387 g/mol. The first-order valence-electron chi connectivity index (χ1n) is 8.00. The van der Waals surface area contributed by atoms with Crippen molar-refractivity contribution in [2.45, 2.75) is 13.5 Å². The topological polar surface area (TPSA) is 103 Å². The average Bonchev–Trinajstić information content (AvgIpc) is 2.58. The van der Waals surface area contributed by atoms with Crippen molar-refractivity contribution in [1.82, 2.24) is 0 Å². The van der Waals surface area contributed by atoms with Crippen LogP contribution in [0.5, 0.6) is 0 Å². The van der Waals surface area contributed by atoms with E-state index in [1.807, 2.05) is 13.0 Å². The van der Waals surface area contributed by atoms with Crippen LogP contribution in [0.1, 0.15) is 21.5 Å². The molecule has 0 saturated carbocycles. The molecule has 1 N–H and O–H groups in total. The van der Waals surface area contributed by atoms with Crippen LogP contribution in [-0.4, -0.2) is 20.6 Å². The first kappa shape index (κ1) is 18.7. The lowest BCUT2D eigenvalue weighted by molar-refractivity contribution is 0.0475. The number of benzene rings is 2. The molecule has 0 atom stereocenters. The summed E-state index contributed by atoms with van der Waals surface area (Å²) in [5, 5.41) is 0.663. The summed E-state index contributed by atoms with van der Waals surface area (Å²) in [6.45, 7) is 1.72. The highest BCUT2D eigenvalue weighted by atomic mass is 32.2. The fraction of sp³-hybridized carbons (Fsp3) is 0.158. The van der Waals surface area contributed by atoms with Gasteiger partial charge in [-0.3, -0.25) is 4.72 Å². The Hall–Kier alpha value is -3.13. The first-order chi connectivity index (χ1) is 12.7. The Morgan fingerprint density at radius 1 is 1.15 bits per heavy atom. The molecule has 0 aliphatic carbocycles. The summed E-state index contributed by atoms with van der Waals surface area (Å²) in [4.78, 5) is 24.2. The molecule has 3 aromatic rings. The molecule has 0 bridgehead atoms. The second kappa shape index (κ2) is 7.24. The molecule has 27 heavy (non-hydrogen) atoms. The van der Waals surface area contributed by atoms with Crippen LogP contribution in [0.25, 0.3) is 11.0 Å². The lowest BCUT2D eigenvalue weighted by atomic mass is 10.1. The van der Waals surface area contributed by atoms with Gasteiger partial charge in [0, 0.05) is 17.0 Å². The summed E-state index contributed by atoms with van der Waals surface area (Å²) in [5.41, 5.74) is 1.50. The Balaban J connectivity index is 1.87. The molecule has 0 unspecified atom stereocenters. The minimum Gasteiger partial charge on any atom is -0.457 e. The molecule has 0 aliphatic heterocycles. The van der Waals surface area contributed by atoms with E-state index in [1.165, 1.54) is 18.2 Å². The third-order valence-electron chi connectivity index (χ3n) is 3.79. The Morgan fingerprint density at radius 3 is 2.63 bits per heavy atom. The van der Waals surface area contributed by atoms with Gasteiger partial charge in [-0.15, -0.1) is 0 Å². The molecule has 0 fully saturated rings. The quantitative estimate of drug-likeness (QED) is 0.533. The lowest BCUT2D eigenvalue weighted by Gasteiger charge is -2.11. The first-order valence-corrected chi connectivity index (χ1v) is 9.89. The number of carbonyl (C=O) groups is 1. The van der Waals surface area contributed by atoms with Crippen molar-refractivity contribution in [3.63, 3.8) is 0 Å². The van der Waals surface area contributed by atoms with E-state index in [9.17, 15) is 18.0 Å². The molecular formula is C19H17NO6S. The molecule has 1 aromatic heterocycles. The Kier molecular flexibility index (Phi) is 5.00. The molecule has 1 heterocycles. The number of carbonyl (C=O) groups excluding carboxylic acids is 1. The number of aryl methyl sites for hydroxylation is 1. The summed E-state index contributed by atoms with van der Waals surface area (Å²) in [7, 11) is -3.55. The number of anilines is 1. The highest BCUT2D eigenvalue weighted by Crippen LogP contribution is 2.21. The van der Waals surface area contributed by atoms with Gasteiger partial charge in [-0.1, -0.05) is 24.3 Å². The van der Waals surface area contributed by atoms with Crippen molar-refractivity contribution >= 4 is 32.6 Å². The molecule has 8 heteroatoms. The number of sulfonamides is 1. The van der Waals surface area contributed by atoms with Gasteiger partial charge in [0.2, 0.25) is 10.0 Å². The number of hydrogen-bond donors (Lipinski definition) is 1. The monoisotopic (exact) mass is 387 g/mol. The number of esters is 1. The molecule has 7 nitrogen and oxygen atoms in total. The maximum absolute atomic E-state index is 12.4. The summed E-state index contributed by atoms with van der Waals surface area (Å²) >= 11 is 0. The number of rotatable bonds is 5. The van der Waals surface area contributed by atoms with Gasteiger partial charge in [-0.25, -0.2) is 18.0 Å². The molecule has 2 aromatic carbocycles. The molecule has 0 radical (unpaired) electrons. The highest BCUT2D eigenvalue weighted by Gasteiger charge is 2.16. The third kappa shape index (κ3) is 4.53. The normalized spacial score (nSPS) is 11.3. The minimum atomic E-state index is -3.55. The van der Waals surface area contributed by atoms with E-state index in [-0.39, 0.29) is 17.9 Å². The van der Waals surface area contributed by atoms with Crippen LogP contribution in [0.3, 0.4) is 0 Å². The maximum Gasteiger partial charge on any atom is 0.340 e. The van der Waals surface area contributed by atoms with Gasteiger partial charge in [-0.2, -0.15) is 0 Å². The molecule has 140 valence electrons. The lowest BCUT2D eigenvalue weighted by Crippen LogP contribution is -2.15. The molecule has 0 spiro atoms. The third-order valence-corrected chi connectivity index (χ3v) is 4.38. The highest BCUT2D eigenvalue weighted by molar-refractivity contribution is 7.92. The smallest absolute Gasteiger partial charge is 0.340 e. The molecule has 0 amide bonds. The van der Waals surface area contributed by atoms with E-state index in [2.05, 4.69) is 4.72 Å². The van der Waals surface area contributed by atoms with E-state index in [0.29, 0.717) is 16.5 Å². The van der Waals surface area contributed by atoms with Gasteiger partial charge in [0.25, 0.3) is 0 Å². The molecule has 0 saturated heterocycles. The summed E-state index contributed by atoms with van der Waals surface area (Å²) in [6.07, 6.45) is 0.993. The van der Waals surface area contributed by atoms with Crippen LogP contribution in [0, 0.1) is 6.92 Å². The van der Waals surface area contributed by atoms with E-state index >= 15 is 0 Å². The van der Waals surface area contributed by atoms with Gasteiger partial charge < -0.3 is 9.15 Å². The number of nitrogens with one attached hydrogen (secondary N) is 1. The van der Waals surface area contributed by atoms with Crippen molar-refractivity contribution in [3.8, 4) is 0 Å². The number of ether oxygens (including phenoxy) is 1. The van der Waals surface area contributed by atoms with Crippen molar-refractivity contribution in [3.05, 3.63) is 75.6 Å². The van der Waals surface area contributed by atoms with E-state index < -0.39 is 21.6 Å². The minimum absolute atomic E-state index is 0.0750. The summed E-state index contributed by atoms with van der Waals surface area (Å²) < 4.78 is 35.7. The predicted molar refractivity (Wildman–Crippen MR) is 101 cm³/mol. The van der Waals surface area contributed by atoms with Crippen LogP contribution < -0.4 is 10.3 Å². The SMILES string of the molecule is Cc1ccc2c(COC(=O)c3ccccc3NS(C)(=O)=O)cc(=O)oc2c1. The predicted octanol–water partition coefficient (Wildman–Crippen LogP) is 2.83. The van der Waals surface area contributed by atoms with Crippen LogP contribution in [0.2, 0.25) is 0 Å². The molecule has 3 rings (SSSR count). The fourth-order valence-electron chi connectivity index (χ4n) is 2.63. The Bertz CT molecular complexity index is 1180. The number of hydrogen-bond acceptors (Lipinski definition) is 6. The second-order valence-corrected chi connectivity index (χ2v) is 7.83. The van der Waals surface area contributed by atoms with Gasteiger partial charge >= 0.3 is 11.6 Å². The second-order valence-electron chi connectivity index (χ2n) is 6.09. The largest absolute Gasteiger partial charge is 0.457 e. The van der Waals surface area contributed by atoms with Crippen LogP contribution in [0.15, 0.2) is 57.7 Å². The van der Waals surface area contributed by atoms with Gasteiger partial charge in [-0.05, 0) is 30.7 Å². The van der Waals surface area contributed by atoms with E-state index in [1.54, 1.807) is 24.3 Å². The summed E-state index contributed by atoms with van der Waals surface area (Å²) in [5.74, 6) is -0.713. The molecular weight excluding hydrogens is 370 g/mol. The van der Waals surface area contributed by atoms with Crippen LogP contribution in [-0.2, 0) is 21.4 Å². The van der Waals surface area contributed by atoms with Crippen molar-refractivity contribution < 1.29 is 22.4 Å². The Labute approximate surface area is 155 Å². The maximum atomic E-state index is 12.4. The zero-order chi connectivity index (χ0) is 19.6. The standard InChI is InChI=1S/C19H17NO6S/c1-12-7-8-14-13(10-18(21)26-17(14)9-12)11-25-19(22)15-5-3-4-6-16(15)20-27(2,23)24/h3-10,20H,11H2,1-2H3.